The number of nitrogens with zero attached hydrogens (tertiary/aromatic N) is 1. The van der Waals surface area contributed by atoms with Crippen molar-refractivity contribution in [2.75, 3.05) is 0 Å². The number of hydrogen-bond donors (Lipinski definition) is 1. The quantitative estimate of drug-likeness (QED) is 0.707. The van der Waals surface area contributed by atoms with Crippen molar-refractivity contribution in [1.29, 1.82) is 0 Å². The molecule has 0 unspecified atom stereocenters. The summed E-state index contributed by atoms with van der Waals surface area (Å²) in [6.45, 7) is 4.40. The molecule has 0 spiro atoms. The molecule has 3 aromatic rings. The van der Waals surface area contributed by atoms with Crippen molar-refractivity contribution in [2.45, 2.75) is 30.4 Å². The number of thioether (sulfide) groups is 1. The Morgan fingerprint density at radius 3 is 2.89 bits per heavy atom. The zero-order valence-electron chi connectivity index (χ0n) is 11.0. The summed E-state index contributed by atoms with van der Waals surface area (Å²) in [5.74, 6) is 1.36. The van der Waals surface area contributed by atoms with Crippen LogP contribution in [0.3, 0.4) is 0 Å². The normalized spacial score (nSPS) is 11.5. The fraction of sp³-hybridized carbons (Fsp3) is 0.267. The van der Waals surface area contributed by atoms with Crippen molar-refractivity contribution in [3.63, 3.8) is 0 Å². The van der Waals surface area contributed by atoms with E-state index >= 15 is 0 Å². The molecule has 0 bridgehead atoms. The van der Waals surface area contributed by atoms with Gasteiger partial charge in [-0.3, -0.25) is 0 Å². The lowest BCUT2D eigenvalue weighted by atomic mass is 10.1. The van der Waals surface area contributed by atoms with Gasteiger partial charge in [0.25, 0.3) is 0 Å². The van der Waals surface area contributed by atoms with Gasteiger partial charge in [0.15, 0.2) is 0 Å². The molecule has 3 nitrogen and oxygen atoms in total. The van der Waals surface area contributed by atoms with Crippen LogP contribution in [0.15, 0.2) is 46.0 Å². The first-order chi connectivity index (χ1) is 9.22. The van der Waals surface area contributed by atoms with Gasteiger partial charge in [-0.2, -0.15) is 0 Å². The summed E-state index contributed by atoms with van der Waals surface area (Å²) in [7, 11) is 0. The van der Waals surface area contributed by atoms with E-state index in [1.165, 1.54) is 21.5 Å². The number of aromatic amines is 1. The third-order valence-electron chi connectivity index (χ3n) is 3.11. The Morgan fingerprint density at radius 1 is 1.26 bits per heavy atom. The molecule has 1 aromatic carbocycles. The van der Waals surface area contributed by atoms with E-state index < -0.39 is 0 Å². The molecular formula is C15H16N2OS. The number of hydrogen-bond acceptors (Lipinski definition) is 3. The lowest BCUT2D eigenvalue weighted by molar-refractivity contribution is 0.414. The molecule has 1 N–H and O–H groups in total. The summed E-state index contributed by atoms with van der Waals surface area (Å²) >= 11 is 1.77. The number of benzene rings is 1. The molecule has 0 fully saturated rings. The van der Waals surface area contributed by atoms with E-state index in [0.717, 1.165) is 11.4 Å². The highest BCUT2D eigenvalue weighted by atomic mass is 32.2. The second-order valence-electron chi connectivity index (χ2n) is 4.91. The van der Waals surface area contributed by atoms with Crippen LogP contribution < -0.4 is 0 Å². The molecule has 0 saturated carbocycles. The van der Waals surface area contributed by atoms with E-state index in [1.807, 2.05) is 6.07 Å². The second kappa shape index (κ2) is 5.13. The van der Waals surface area contributed by atoms with Crippen LogP contribution in [0.25, 0.3) is 10.9 Å². The highest BCUT2D eigenvalue weighted by Gasteiger charge is 2.06. The molecule has 3 rings (SSSR count). The van der Waals surface area contributed by atoms with E-state index in [9.17, 15) is 0 Å². The first kappa shape index (κ1) is 12.4. The maximum Gasteiger partial charge on any atom is 0.124 e. The maximum atomic E-state index is 4.83. The van der Waals surface area contributed by atoms with E-state index in [0.29, 0.717) is 5.92 Å². The average Bonchev–Trinajstić information content (AvgIpc) is 3.04. The van der Waals surface area contributed by atoms with E-state index in [1.54, 1.807) is 18.0 Å². The predicted molar refractivity (Wildman–Crippen MR) is 78.5 cm³/mol. The van der Waals surface area contributed by atoms with Gasteiger partial charge in [-0.1, -0.05) is 25.1 Å². The first-order valence-electron chi connectivity index (χ1n) is 6.37. The first-order valence-corrected chi connectivity index (χ1v) is 7.35. The smallest absolute Gasteiger partial charge is 0.124 e. The molecule has 0 saturated heterocycles. The van der Waals surface area contributed by atoms with Crippen LogP contribution in [0.2, 0.25) is 0 Å². The molecule has 4 heteroatoms. The van der Waals surface area contributed by atoms with Gasteiger partial charge in [-0.15, -0.1) is 11.8 Å². The maximum absolute atomic E-state index is 4.83. The summed E-state index contributed by atoms with van der Waals surface area (Å²) in [6, 6.07) is 10.7. The summed E-state index contributed by atoms with van der Waals surface area (Å²) in [5, 5.41) is 5.19. The van der Waals surface area contributed by atoms with Crippen LogP contribution in [0.1, 0.15) is 31.2 Å². The minimum atomic E-state index is 0.527. The molecule has 0 atom stereocenters. The fourth-order valence-corrected chi connectivity index (χ4v) is 2.83. The van der Waals surface area contributed by atoms with Gasteiger partial charge in [0.05, 0.1) is 5.69 Å². The van der Waals surface area contributed by atoms with Crippen LogP contribution in [-0.4, -0.2) is 10.1 Å². The molecule has 0 radical (unpaired) electrons. The van der Waals surface area contributed by atoms with Crippen LogP contribution in [-0.2, 0) is 5.75 Å². The van der Waals surface area contributed by atoms with E-state index in [-0.39, 0.29) is 0 Å². The van der Waals surface area contributed by atoms with Gasteiger partial charge in [0.2, 0.25) is 0 Å². The summed E-state index contributed by atoms with van der Waals surface area (Å²) in [4.78, 5) is 4.72. The second-order valence-corrected chi connectivity index (χ2v) is 5.96. The monoisotopic (exact) mass is 272 g/mol. The zero-order valence-corrected chi connectivity index (χ0v) is 11.8. The van der Waals surface area contributed by atoms with Gasteiger partial charge in [-0.25, -0.2) is 0 Å². The molecule has 98 valence electrons. The van der Waals surface area contributed by atoms with Crippen molar-refractivity contribution >= 4 is 22.7 Å². The molecular weight excluding hydrogens is 256 g/mol. The molecule has 0 aliphatic rings. The van der Waals surface area contributed by atoms with Crippen molar-refractivity contribution in [1.82, 2.24) is 10.1 Å². The minimum Gasteiger partial charge on any atom is -0.364 e. The largest absolute Gasteiger partial charge is 0.364 e. The van der Waals surface area contributed by atoms with Crippen molar-refractivity contribution < 1.29 is 4.52 Å². The Bertz CT molecular complexity index is 671. The summed E-state index contributed by atoms with van der Waals surface area (Å²) < 4.78 is 4.83. The van der Waals surface area contributed by atoms with E-state index in [2.05, 4.69) is 48.3 Å². The molecule has 2 aromatic heterocycles. The Labute approximate surface area is 116 Å². The van der Waals surface area contributed by atoms with Gasteiger partial charge in [0, 0.05) is 27.9 Å². The fourth-order valence-electron chi connectivity index (χ4n) is 2.00. The number of fused-ring (bicyclic) bond motifs is 1. The molecule has 2 heterocycles. The van der Waals surface area contributed by atoms with Gasteiger partial charge in [-0.05, 0) is 29.5 Å². The van der Waals surface area contributed by atoms with Gasteiger partial charge >= 0.3 is 0 Å². The Morgan fingerprint density at radius 2 is 2.16 bits per heavy atom. The molecule has 19 heavy (non-hydrogen) atoms. The van der Waals surface area contributed by atoms with E-state index in [4.69, 9.17) is 4.52 Å². The van der Waals surface area contributed by atoms with Crippen LogP contribution in [0.4, 0.5) is 0 Å². The molecule has 0 aliphatic heterocycles. The summed E-state index contributed by atoms with van der Waals surface area (Å²) in [5.41, 5.74) is 3.46. The van der Waals surface area contributed by atoms with Crippen molar-refractivity contribution in [3.05, 3.63) is 48.0 Å². The number of rotatable bonds is 4. The third-order valence-corrected chi connectivity index (χ3v) is 4.14. The minimum absolute atomic E-state index is 0.527. The molecule has 0 amide bonds. The summed E-state index contributed by atoms with van der Waals surface area (Å²) in [6.07, 6.45) is 1.61. The Hall–Kier alpha value is -1.68. The number of H-pyrrole nitrogens is 1. The predicted octanol–water partition coefficient (Wildman–Crippen LogP) is 4.57. The SMILES string of the molecule is CC(C)c1cc2ccc(SCc3ccon3)cc2[nH]1. The lowest BCUT2D eigenvalue weighted by Gasteiger charge is -2.00. The topological polar surface area (TPSA) is 41.8 Å². The lowest BCUT2D eigenvalue weighted by Crippen LogP contribution is -1.84. The Balaban J connectivity index is 1.80. The zero-order chi connectivity index (χ0) is 13.2. The molecule has 0 aliphatic carbocycles. The third kappa shape index (κ3) is 2.68. The number of nitrogens with one attached hydrogen (secondary N) is 1. The van der Waals surface area contributed by atoms with Crippen LogP contribution >= 0.6 is 11.8 Å². The Kier molecular flexibility index (Phi) is 3.34. The highest BCUT2D eigenvalue weighted by molar-refractivity contribution is 7.98. The van der Waals surface area contributed by atoms with Crippen molar-refractivity contribution in [3.8, 4) is 0 Å². The standard InChI is InChI=1S/C15H16N2OS/c1-10(2)14-7-11-3-4-13(8-15(11)16-14)19-9-12-5-6-18-17-12/h3-8,10,16H,9H2,1-2H3. The highest BCUT2D eigenvalue weighted by Crippen LogP contribution is 2.27. The number of aromatic nitrogens is 2. The van der Waals surface area contributed by atoms with Gasteiger partial charge < -0.3 is 9.51 Å². The van der Waals surface area contributed by atoms with Gasteiger partial charge in [0.1, 0.15) is 6.26 Å². The van der Waals surface area contributed by atoms with Crippen LogP contribution in [0, 0.1) is 0 Å². The average molecular weight is 272 g/mol. The van der Waals surface area contributed by atoms with Crippen molar-refractivity contribution in [2.24, 2.45) is 0 Å². The van der Waals surface area contributed by atoms with Crippen LogP contribution in [0.5, 0.6) is 0 Å².